The Morgan fingerprint density at radius 3 is 2.31 bits per heavy atom. The molecule has 0 aliphatic heterocycles. The van der Waals surface area contributed by atoms with Crippen molar-refractivity contribution in [1.29, 1.82) is 0 Å². The molecule has 0 bridgehead atoms. The van der Waals surface area contributed by atoms with Gasteiger partial charge < -0.3 is 19.1 Å². The Labute approximate surface area is 84.8 Å². The van der Waals surface area contributed by atoms with Crippen LogP contribution in [-0.2, 0) is 14.1 Å². The number of esters is 1. The van der Waals surface area contributed by atoms with Crippen molar-refractivity contribution in [3.63, 3.8) is 0 Å². The Morgan fingerprint density at radius 2 is 2.08 bits per heavy atom. The lowest BCUT2D eigenvalue weighted by Gasteiger charge is -2.36. The zero-order chi connectivity index (χ0) is 10.6. The van der Waals surface area contributed by atoms with Gasteiger partial charge in [0.25, 0.3) is 0 Å². The second-order valence-corrected chi connectivity index (χ2v) is 5.48. The number of carbonyl (C=O) groups excluding carboxylic acids is 1. The highest BCUT2D eigenvalue weighted by molar-refractivity contribution is 9.10. The number of ether oxygens (including phenoxy) is 1. The van der Waals surface area contributed by atoms with Crippen molar-refractivity contribution >= 4 is 29.5 Å². The van der Waals surface area contributed by atoms with Gasteiger partial charge in [-0.05, 0) is 20.9 Å². The molecule has 7 heteroatoms. The standard InChI is InChI=1S/C6H12BrO5P/c1-3-5(13(9,10)11)12-6(8)4(2)7/h4-5H,3H2,1-2H3,(H2,9,10,11)/p-2. The zero-order valence-corrected chi connectivity index (χ0v) is 9.71. The molecular formula is C6H10BrO5P-2. The monoisotopic (exact) mass is 272 g/mol. The average molecular weight is 273 g/mol. The van der Waals surface area contributed by atoms with E-state index in [1.165, 1.54) is 13.8 Å². The molecule has 0 aromatic carbocycles. The summed E-state index contributed by atoms with van der Waals surface area (Å²) in [5, 5.41) is 0. The summed E-state index contributed by atoms with van der Waals surface area (Å²) in [4.78, 5) is 31.3. The molecule has 0 aliphatic carbocycles. The zero-order valence-electron chi connectivity index (χ0n) is 7.23. The molecule has 0 amide bonds. The fourth-order valence-electron chi connectivity index (χ4n) is 0.599. The van der Waals surface area contributed by atoms with Gasteiger partial charge in [0.15, 0.2) is 0 Å². The minimum atomic E-state index is -4.83. The van der Waals surface area contributed by atoms with Crippen LogP contribution in [0.2, 0.25) is 0 Å². The molecule has 0 N–H and O–H groups in total. The van der Waals surface area contributed by atoms with Crippen LogP contribution in [0, 0.1) is 0 Å². The quantitative estimate of drug-likeness (QED) is 0.407. The molecule has 13 heavy (non-hydrogen) atoms. The van der Waals surface area contributed by atoms with Crippen molar-refractivity contribution in [2.75, 3.05) is 0 Å². The van der Waals surface area contributed by atoms with E-state index in [1.807, 2.05) is 0 Å². The van der Waals surface area contributed by atoms with Crippen LogP contribution in [-0.4, -0.2) is 16.6 Å². The fraction of sp³-hybridized carbons (Fsp3) is 0.833. The van der Waals surface area contributed by atoms with Gasteiger partial charge in [0, 0.05) is 0 Å². The maximum absolute atomic E-state index is 10.9. The molecule has 5 nitrogen and oxygen atoms in total. The largest absolute Gasteiger partial charge is 0.808 e. The Morgan fingerprint density at radius 1 is 1.62 bits per heavy atom. The van der Waals surface area contributed by atoms with Crippen LogP contribution in [0.25, 0.3) is 0 Å². The Kier molecular flexibility index (Phi) is 5.14. The van der Waals surface area contributed by atoms with Gasteiger partial charge in [-0.1, -0.05) is 22.9 Å². The van der Waals surface area contributed by atoms with Crippen LogP contribution in [0.4, 0.5) is 0 Å². The minimum absolute atomic E-state index is 0.0320. The molecule has 0 fully saturated rings. The van der Waals surface area contributed by atoms with Crippen LogP contribution >= 0.6 is 23.5 Å². The van der Waals surface area contributed by atoms with E-state index in [4.69, 9.17) is 0 Å². The third-order valence-electron chi connectivity index (χ3n) is 1.28. The van der Waals surface area contributed by atoms with Crippen LogP contribution in [0.1, 0.15) is 20.3 Å². The average Bonchev–Trinajstić information content (AvgIpc) is 1.96. The predicted molar refractivity (Wildman–Crippen MR) is 46.2 cm³/mol. The van der Waals surface area contributed by atoms with Gasteiger partial charge in [-0.3, -0.25) is 4.79 Å². The first-order valence-electron chi connectivity index (χ1n) is 3.65. The SMILES string of the molecule is CCC(OC(=O)C(C)Br)P(=O)([O-])[O-]. The molecule has 0 saturated heterocycles. The van der Waals surface area contributed by atoms with Crippen molar-refractivity contribution < 1.29 is 23.9 Å². The first-order valence-corrected chi connectivity index (χ1v) is 6.18. The molecule has 0 spiro atoms. The molecule has 0 heterocycles. The Balaban J connectivity index is 4.31. The van der Waals surface area contributed by atoms with Gasteiger partial charge in [0.05, 0.1) is 0 Å². The second kappa shape index (κ2) is 5.10. The third kappa shape index (κ3) is 4.76. The maximum atomic E-state index is 10.9. The predicted octanol–water partition coefficient (Wildman–Crippen LogP) is -0.0372. The van der Waals surface area contributed by atoms with E-state index in [0.717, 1.165) is 0 Å². The molecular weight excluding hydrogens is 263 g/mol. The van der Waals surface area contributed by atoms with Crippen molar-refractivity contribution in [2.45, 2.75) is 30.9 Å². The van der Waals surface area contributed by atoms with Crippen molar-refractivity contribution in [3.05, 3.63) is 0 Å². The first kappa shape index (κ1) is 13.1. The minimum Gasteiger partial charge on any atom is -0.808 e. The summed E-state index contributed by atoms with van der Waals surface area (Å²) in [5.74, 6) is -2.31. The topological polar surface area (TPSA) is 89.5 Å². The smallest absolute Gasteiger partial charge is 0.320 e. The normalized spacial score (nSPS) is 16.4. The van der Waals surface area contributed by atoms with E-state index in [0.29, 0.717) is 0 Å². The van der Waals surface area contributed by atoms with Crippen LogP contribution in [0.5, 0.6) is 0 Å². The summed E-state index contributed by atoms with van der Waals surface area (Å²) in [6, 6.07) is 0. The van der Waals surface area contributed by atoms with E-state index in [1.54, 1.807) is 0 Å². The number of hydrogen-bond donors (Lipinski definition) is 0. The van der Waals surface area contributed by atoms with E-state index in [9.17, 15) is 19.1 Å². The molecule has 78 valence electrons. The number of hydrogen-bond acceptors (Lipinski definition) is 5. The van der Waals surface area contributed by atoms with Gasteiger partial charge in [-0.25, -0.2) is 0 Å². The second-order valence-electron chi connectivity index (χ2n) is 2.46. The summed E-state index contributed by atoms with van der Waals surface area (Å²) in [5.41, 5.74) is 0. The molecule has 0 radical (unpaired) electrons. The highest BCUT2D eigenvalue weighted by Crippen LogP contribution is 2.34. The van der Waals surface area contributed by atoms with E-state index >= 15 is 0 Å². The van der Waals surface area contributed by atoms with E-state index in [-0.39, 0.29) is 6.42 Å². The van der Waals surface area contributed by atoms with Crippen molar-refractivity contribution in [2.24, 2.45) is 0 Å². The summed E-state index contributed by atoms with van der Waals surface area (Å²) in [6.07, 6.45) is -0.0320. The van der Waals surface area contributed by atoms with Gasteiger partial charge in [-0.2, -0.15) is 0 Å². The summed E-state index contributed by atoms with van der Waals surface area (Å²) in [7, 11) is -4.83. The molecule has 2 unspecified atom stereocenters. The van der Waals surface area contributed by atoms with Crippen molar-refractivity contribution in [1.82, 2.24) is 0 Å². The Hall–Kier alpha value is 0.1000. The van der Waals surface area contributed by atoms with Gasteiger partial charge in [-0.15, -0.1) is 0 Å². The number of halogens is 1. The van der Waals surface area contributed by atoms with Gasteiger partial charge in [0.2, 0.25) is 0 Å². The van der Waals surface area contributed by atoms with Gasteiger partial charge in [0.1, 0.15) is 10.7 Å². The van der Waals surface area contributed by atoms with Crippen LogP contribution in [0.3, 0.4) is 0 Å². The summed E-state index contributed by atoms with van der Waals surface area (Å²) < 4.78 is 15.0. The molecule has 0 aromatic rings. The van der Waals surface area contributed by atoms with Crippen LogP contribution < -0.4 is 9.79 Å². The molecule has 0 rings (SSSR count). The first-order chi connectivity index (χ1) is 5.79. The highest BCUT2D eigenvalue weighted by Gasteiger charge is 2.18. The van der Waals surface area contributed by atoms with E-state index < -0.39 is 24.2 Å². The summed E-state index contributed by atoms with van der Waals surface area (Å²) >= 11 is 2.90. The molecule has 0 aromatic heterocycles. The molecule has 0 saturated carbocycles. The number of rotatable bonds is 4. The number of carbonyl (C=O) groups is 1. The molecule has 0 aliphatic rings. The lowest BCUT2D eigenvalue weighted by molar-refractivity contribution is -0.323. The maximum Gasteiger partial charge on any atom is 0.320 e. The van der Waals surface area contributed by atoms with E-state index in [2.05, 4.69) is 20.7 Å². The van der Waals surface area contributed by atoms with Crippen LogP contribution in [0.15, 0.2) is 0 Å². The molecule has 2 atom stereocenters. The lowest BCUT2D eigenvalue weighted by atomic mass is 10.5. The van der Waals surface area contributed by atoms with Crippen molar-refractivity contribution in [3.8, 4) is 0 Å². The highest BCUT2D eigenvalue weighted by atomic mass is 79.9. The Bertz CT molecular complexity index is 223. The third-order valence-corrected chi connectivity index (χ3v) is 2.83. The van der Waals surface area contributed by atoms with Gasteiger partial charge >= 0.3 is 5.97 Å². The number of alkyl halides is 1. The fourth-order valence-corrected chi connectivity index (χ4v) is 1.39. The summed E-state index contributed by atoms with van der Waals surface area (Å²) in [6.45, 7) is 2.94. The lowest BCUT2D eigenvalue weighted by Crippen LogP contribution is -2.31.